The number of thioether (sulfide) groups is 2. The van der Waals surface area contributed by atoms with Gasteiger partial charge in [-0.25, -0.2) is 0 Å². The summed E-state index contributed by atoms with van der Waals surface area (Å²) in [4.78, 5) is 2.62. The number of hydrogen-bond acceptors (Lipinski definition) is 2. The molecule has 0 nitrogen and oxygen atoms in total. The Morgan fingerprint density at radius 2 is 0.875 bits per heavy atom. The number of rotatable bonds is 4. The second-order valence-corrected chi connectivity index (χ2v) is 9.72. The van der Waals surface area contributed by atoms with Gasteiger partial charge in [0.1, 0.15) is 0 Å². The quantitative estimate of drug-likeness (QED) is 0.195. The largest absolute Gasteiger partial charge is 0.129 e. The van der Waals surface area contributed by atoms with Crippen LogP contribution in [0.1, 0.15) is 0 Å². The van der Waals surface area contributed by atoms with E-state index in [1.165, 1.54) is 64.4 Å². The van der Waals surface area contributed by atoms with Crippen molar-refractivity contribution >= 4 is 55.8 Å². The van der Waals surface area contributed by atoms with Crippen molar-refractivity contribution < 1.29 is 0 Å². The second-order valence-electron chi connectivity index (χ2n) is 8.02. The molecule has 6 aromatic rings. The lowest BCUT2D eigenvalue weighted by molar-refractivity contribution is 1.43. The topological polar surface area (TPSA) is 0 Å². The van der Waals surface area contributed by atoms with Crippen LogP contribution in [0.15, 0.2) is 107 Å². The van der Waals surface area contributed by atoms with Crippen LogP contribution in [-0.2, 0) is 0 Å². The fourth-order valence-electron chi connectivity index (χ4n) is 5.10. The Bertz CT molecular complexity index is 1480. The van der Waals surface area contributed by atoms with Crippen molar-refractivity contribution in [3.8, 4) is 22.3 Å². The van der Waals surface area contributed by atoms with E-state index in [-0.39, 0.29) is 0 Å². The van der Waals surface area contributed by atoms with E-state index in [0.29, 0.717) is 0 Å². The molecular formula is C30H22S2. The van der Waals surface area contributed by atoms with E-state index in [2.05, 4.69) is 110 Å². The molecule has 0 aliphatic carbocycles. The van der Waals surface area contributed by atoms with Crippen molar-refractivity contribution in [2.75, 3.05) is 12.5 Å². The maximum atomic E-state index is 2.31. The summed E-state index contributed by atoms with van der Waals surface area (Å²) in [5.41, 5.74) is 5.30. The standard InChI is InChI=1S/C30H22S2/c1-31-25-15-5-3-11-21(25)29-23-13-7-9-19-17-18-20-10-8-14-24(28(20)27(19)23)30(29)22-12-4-6-16-26(22)32-2/h3-18H,1-2H3. The zero-order valence-electron chi connectivity index (χ0n) is 18.1. The van der Waals surface area contributed by atoms with E-state index in [4.69, 9.17) is 0 Å². The molecule has 0 saturated heterocycles. The van der Waals surface area contributed by atoms with Crippen LogP contribution in [0.25, 0.3) is 54.6 Å². The van der Waals surface area contributed by atoms with Crippen molar-refractivity contribution in [3.63, 3.8) is 0 Å². The predicted octanol–water partition coefficient (Wildman–Crippen LogP) is 9.36. The minimum Gasteiger partial charge on any atom is -0.129 e. The Morgan fingerprint density at radius 3 is 1.31 bits per heavy atom. The molecule has 6 aromatic carbocycles. The van der Waals surface area contributed by atoms with Gasteiger partial charge in [0, 0.05) is 9.79 Å². The summed E-state index contributed by atoms with van der Waals surface area (Å²) in [7, 11) is 0. The van der Waals surface area contributed by atoms with Gasteiger partial charge in [-0.05, 0) is 79.2 Å². The summed E-state index contributed by atoms with van der Waals surface area (Å²) in [6, 6.07) is 35.7. The zero-order chi connectivity index (χ0) is 21.7. The van der Waals surface area contributed by atoms with E-state index in [0.717, 1.165) is 0 Å². The third-order valence-electron chi connectivity index (χ3n) is 6.43. The first-order valence-electron chi connectivity index (χ1n) is 10.8. The Kier molecular flexibility index (Phi) is 4.86. The molecular weight excluding hydrogens is 424 g/mol. The summed E-state index contributed by atoms with van der Waals surface area (Å²) >= 11 is 3.64. The molecule has 0 aromatic heterocycles. The van der Waals surface area contributed by atoms with Gasteiger partial charge in [-0.2, -0.15) is 0 Å². The summed E-state index contributed by atoms with van der Waals surface area (Å²) in [6.07, 6.45) is 4.35. The van der Waals surface area contributed by atoms with Crippen LogP contribution in [0, 0.1) is 0 Å². The molecule has 0 aliphatic heterocycles. The molecule has 6 rings (SSSR count). The highest BCUT2D eigenvalue weighted by molar-refractivity contribution is 7.99. The molecule has 0 fully saturated rings. The molecule has 154 valence electrons. The summed E-state index contributed by atoms with van der Waals surface area (Å²) in [5, 5.41) is 8.02. The minimum absolute atomic E-state index is 1.30. The molecule has 0 spiro atoms. The third kappa shape index (κ3) is 2.87. The molecule has 0 amide bonds. The van der Waals surface area contributed by atoms with Crippen LogP contribution in [0.2, 0.25) is 0 Å². The highest BCUT2D eigenvalue weighted by Crippen LogP contribution is 2.50. The smallest absolute Gasteiger partial charge is 0.0148 e. The van der Waals surface area contributed by atoms with Gasteiger partial charge < -0.3 is 0 Å². The lowest BCUT2D eigenvalue weighted by atomic mass is 9.82. The van der Waals surface area contributed by atoms with E-state index < -0.39 is 0 Å². The second kappa shape index (κ2) is 7.88. The molecule has 32 heavy (non-hydrogen) atoms. The molecule has 0 aliphatic rings. The molecule has 0 bridgehead atoms. The lowest BCUT2D eigenvalue weighted by Crippen LogP contribution is -1.95. The minimum atomic E-state index is 1.30. The van der Waals surface area contributed by atoms with Gasteiger partial charge in [0.05, 0.1) is 0 Å². The molecule has 2 heteroatoms. The Balaban J connectivity index is 1.94. The van der Waals surface area contributed by atoms with Crippen molar-refractivity contribution in [2.24, 2.45) is 0 Å². The predicted molar refractivity (Wildman–Crippen MR) is 145 cm³/mol. The van der Waals surface area contributed by atoms with Gasteiger partial charge in [0.15, 0.2) is 0 Å². The average molecular weight is 447 g/mol. The third-order valence-corrected chi connectivity index (χ3v) is 8.02. The van der Waals surface area contributed by atoms with E-state index >= 15 is 0 Å². The van der Waals surface area contributed by atoms with Crippen LogP contribution >= 0.6 is 23.5 Å². The van der Waals surface area contributed by atoms with Gasteiger partial charge in [-0.1, -0.05) is 84.9 Å². The summed E-state index contributed by atoms with van der Waals surface area (Å²) < 4.78 is 0. The molecule has 0 unspecified atom stereocenters. The van der Waals surface area contributed by atoms with Crippen LogP contribution in [-0.4, -0.2) is 12.5 Å². The molecule has 0 atom stereocenters. The lowest BCUT2D eigenvalue weighted by Gasteiger charge is -2.22. The normalized spacial score (nSPS) is 11.7. The maximum Gasteiger partial charge on any atom is 0.0148 e. The number of benzene rings is 6. The van der Waals surface area contributed by atoms with Crippen LogP contribution < -0.4 is 0 Å². The molecule has 0 radical (unpaired) electrons. The van der Waals surface area contributed by atoms with Gasteiger partial charge in [-0.3, -0.25) is 0 Å². The fourth-order valence-corrected chi connectivity index (χ4v) is 6.31. The van der Waals surface area contributed by atoms with Crippen LogP contribution in [0.5, 0.6) is 0 Å². The highest BCUT2D eigenvalue weighted by Gasteiger charge is 2.22. The fraction of sp³-hybridized carbons (Fsp3) is 0.0667. The SMILES string of the molecule is CSc1ccccc1-c1c(-c2ccccc2SC)c2cccc3ccc4cccc1c4c32. The highest BCUT2D eigenvalue weighted by atomic mass is 32.2. The average Bonchev–Trinajstić information content (AvgIpc) is 2.86. The van der Waals surface area contributed by atoms with E-state index in [1.807, 2.05) is 23.5 Å². The monoisotopic (exact) mass is 446 g/mol. The maximum absolute atomic E-state index is 2.31. The van der Waals surface area contributed by atoms with Crippen molar-refractivity contribution in [1.82, 2.24) is 0 Å². The van der Waals surface area contributed by atoms with Gasteiger partial charge in [0.2, 0.25) is 0 Å². The first kappa shape index (κ1) is 19.7. The van der Waals surface area contributed by atoms with Gasteiger partial charge in [0.25, 0.3) is 0 Å². The Labute approximate surface area is 197 Å². The Hall–Kier alpha value is -2.94. The first-order chi connectivity index (χ1) is 15.8. The van der Waals surface area contributed by atoms with E-state index in [1.54, 1.807) is 0 Å². The van der Waals surface area contributed by atoms with Crippen molar-refractivity contribution in [3.05, 3.63) is 97.1 Å². The molecule has 0 saturated carbocycles. The Morgan fingerprint density at radius 1 is 0.438 bits per heavy atom. The van der Waals surface area contributed by atoms with Crippen molar-refractivity contribution in [2.45, 2.75) is 9.79 Å². The number of hydrogen-bond donors (Lipinski definition) is 0. The first-order valence-corrected chi connectivity index (χ1v) is 13.2. The zero-order valence-corrected chi connectivity index (χ0v) is 19.7. The molecule has 0 heterocycles. The summed E-state index contributed by atoms with van der Waals surface area (Å²) in [5.74, 6) is 0. The van der Waals surface area contributed by atoms with Crippen LogP contribution in [0.4, 0.5) is 0 Å². The summed E-state index contributed by atoms with van der Waals surface area (Å²) in [6.45, 7) is 0. The van der Waals surface area contributed by atoms with Gasteiger partial charge in [-0.15, -0.1) is 23.5 Å². The van der Waals surface area contributed by atoms with Crippen molar-refractivity contribution in [1.29, 1.82) is 0 Å². The van der Waals surface area contributed by atoms with Crippen LogP contribution in [0.3, 0.4) is 0 Å². The van der Waals surface area contributed by atoms with E-state index in [9.17, 15) is 0 Å². The molecule has 0 N–H and O–H groups in total. The van der Waals surface area contributed by atoms with Gasteiger partial charge >= 0.3 is 0 Å².